The molecule has 1 fully saturated rings. The van der Waals surface area contributed by atoms with Crippen LogP contribution < -0.4 is 0 Å². The maximum Gasteiger partial charge on any atom is 0.311 e. The van der Waals surface area contributed by atoms with Crippen LogP contribution in [0.2, 0.25) is 0 Å². The number of ether oxygens (including phenoxy) is 3. The van der Waals surface area contributed by atoms with Gasteiger partial charge in [-0.2, -0.15) is 0 Å². The first-order valence-corrected chi connectivity index (χ1v) is 5.50. The second kappa shape index (κ2) is 5.84. The minimum absolute atomic E-state index is 0.219. The van der Waals surface area contributed by atoms with Crippen molar-refractivity contribution < 1.29 is 23.8 Å². The number of hydrogen-bond donors (Lipinski definition) is 0. The van der Waals surface area contributed by atoms with Gasteiger partial charge in [0.15, 0.2) is 0 Å². The second-order valence-corrected chi connectivity index (χ2v) is 3.88. The van der Waals surface area contributed by atoms with E-state index >= 15 is 0 Å². The molecule has 0 bridgehead atoms. The largest absolute Gasteiger partial charge is 0.466 e. The Bertz CT molecular complexity index is 263. The third kappa shape index (κ3) is 3.48. The van der Waals surface area contributed by atoms with Gasteiger partial charge in [-0.25, -0.2) is 0 Å². The molecule has 0 saturated carbocycles. The van der Waals surface area contributed by atoms with Crippen LogP contribution in [0.4, 0.5) is 0 Å². The van der Waals surface area contributed by atoms with Crippen LogP contribution in [0, 0.1) is 5.92 Å². The van der Waals surface area contributed by atoms with E-state index in [4.69, 9.17) is 14.2 Å². The van der Waals surface area contributed by atoms with E-state index in [0.29, 0.717) is 19.6 Å². The van der Waals surface area contributed by atoms with Gasteiger partial charge in [0.25, 0.3) is 0 Å². The highest BCUT2D eigenvalue weighted by Crippen LogP contribution is 2.23. The lowest BCUT2D eigenvalue weighted by atomic mass is 10.0. The van der Waals surface area contributed by atoms with Gasteiger partial charge in [-0.05, 0) is 13.8 Å². The topological polar surface area (TPSA) is 61.8 Å². The van der Waals surface area contributed by atoms with Crippen LogP contribution in [-0.4, -0.2) is 37.4 Å². The number of carbonyl (C=O) groups is 2. The summed E-state index contributed by atoms with van der Waals surface area (Å²) in [5, 5.41) is 0. The van der Waals surface area contributed by atoms with Crippen LogP contribution in [0.5, 0.6) is 0 Å². The fraction of sp³-hybridized carbons (Fsp3) is 0.818. The molecule has 3 atom stereocenters. The zero-order valence-corrected chi connectivity index (χ0v) is 9.89. The molecule has 0 N–H and O–H groups in total. The minimum Gasteiger partial charge on any atom is -0.466 e. The summed E-state index contributed by atoms with van der Waals surface area (Å²) in [5.74, 6) is -0.908. The molecule has 0 aromatic heterocycles. The van der Waals surface area contributed by atoms with Gasteiger partial charge in [0, 0.05) is 13.3 Å². The number of esters is 2. The maximum atomic E-state index is 11.4. The molecule has 1 rings (SSSR count). The number of hydrogen-bond acceptors (Lipinski definition) is 5. The van der Waals surface area contributed by atoms with Crippen molar-refractivity contribution in [3.63, 3.8) is 0 Å². The Morgan fingerprint density at radius 3 is 2.75 bits per heavy atom. The van der Waals surface area contributed by atoms with E-state index < -0.39 is 0 Å². The number of carbonyl (C=O) groups excluding carboxylic acids is 2. The first kappa shape index (κ1) is 13.0. The molecule has 0 amide bonds. The Kier molecular flexibility index (Phi) is 4.73. The average molecular weight is 230 g/mol. The Labute approximate surface area is 95.0 Å². The van der Waals surface area contributed by atoms with E-state index in [2.05, 4.69) is 0 Å². The van der Waals surface area contributed by atoms with Crippen LogP contribution >= 0.6 is 0 Å². The molecule has 16 heavy (non-hydrogen) atoms. The van der Waals surface area contributed by atoms with Crippen molar-refractivity contribution >= 4 is 11.9 Å². The third-order valence-electron chi connectivity index (χ3n) is 2.54. The summed E-state index contributed by atoms with van der Waals surface area (Å²) in [6.45, 7) is 5.61. The molecular weight excluding hydrogens is 212 g/mol. The Morgan fingerprint density at radius 1 is 1.50 bits per heavy atom. The van der Waals surface area contributed by atoms with Gasteiger partial charge in [0.05, 0.1) is 25.2 Å². The van der Waals surface area contributed by atoms with Crippen LogP contribution in [0.15, 0.2) is 0 Å². The summed E-state index contributed by atoms with van der Waals surface area (Å²) < 4.78 is 15.3. The average Bonchev–Trinajstić information content (AvgIpc) is 2.64. The van der Waals surface area contributed by atoms with Crippen LogP contribution in [0.1, 0.15) is 27.2 Å². The van der Waals surface area contributed by atoms with Gasteiger partial charge < -0.3 is 14.2 Å². The molecule has 0 spiro atoms. The first-order chi connectivity index (χ1) is 7.54. The SMILES string of the molecule is CCOC(=O)[C@@H](C)[C@@H]1C[C@@H](OC(C)=O)CO1. The normalized spacial score (nSPS) is 26.2. The third-order valence-corrected chi connectivity index (χ3v) is 2.54. The zero-order valence-electron chi connectivity index (χ0n) is 9.89. The van der Waals surface area contributed by atoms with E-state index in [1.54, 1.807) is 13.8 Å². The fourth-order valence-corrected chi connectivity index (χ4v) is 1.72. The van der Waals surface area contributed by atoms with Gasteiger partial charge in [-0.1, -0.05) is 0 Å². The van der Waals surface area contributed by atoms with Gasteiger partial charge in [-0.15, -0.1) is 0 Å². The summed E-state index contributed by atoms with van der Waals surface area (Å²) in [6.07, 6.45) is 0.0994. The monoisotopic (exact) mass is 230 g/mol. The molecule has 0 aromatic rings. The lowest BCUT2D eigenvalue weighted by Gasteiger charge is -2.16. The van der Waals surface area contributed by atoms with E-state index in [-0.39, 0.29) is 30.1 Å². The molecule has 1 aliphatic rings. The van der Waals surface area contributed by atoms with Crippen LogP contribution in [0.3, 0.4) is 0 Å². The lowest BCUT2D eigenvalue weighted by Crippen LogP contribution is -2.27. The van der Waals surface area contributed by atoms with Crippen molar-refractivity contribution in [1.82, 2.24) is 0 Å². The molecule has 0 radical (unpaired) electrons. The first-order valence-electron chi connectivity index (χ1n) is 5.50. The van der Waals surface area contributed by atoms with Gasteiger partial charge in [0.2, 0.25) is 0 Å². The summed E-state index contributed by atoms with van der Waals surface area (Å²) in [5.41, 5.74) is 0. The summed E-state index contributed by atoms with van der Waals surface area (Å²) in [7, 11) is 0. The van der Waals surface area contributed by atoms with Gasteiger partial charge in [0.1, 0.15) is 6.10 Å². The second-order valence-electron chi connectivity index (χ2n) is 3.88. The van der Waals surface area contributed by atoms with E-state index in [0.717, 1.165) is 0 Å². The molecule has 0 aliphatic carbocycles. The van der Waals surface area contributed by atoms with Crippen molar-refractivity contribution in [1.29, 1.82) is 0 Å². The standard InChI is InChI=1S/C11H18O5/c1-4-14-11(13)7(2)10-5-9(6-15-10)16-8(3)12/h7,9-10H,4-6H2,1-3H3/t7-,9+,10-/m0/s1. The Hall–Kier alpha value is -1.10. The quantitative estimate of drug-likeness (QED) is 0.672. The molecule has 1 aliphatic heterocycles. The molecule has 5 nitrogen and oxygen atoms in total. The molecule has 0 aromatic carbocycles. The van der Waals surface area contributed by atoms with Crippen LogP contribution in [-0.2, 0) is 23.8 Å². The highest BCUT2D eigenvalue weighted by molar-refractivity contribution is 5.72. The Morgan fingerprint density at radius 2 is 2.19 bits per heavy atom. The lowest BCUT2D eigenvalue weighted by molar-refractivity contribution is -0.151. The molecule has 1 saturated heterocycles. The fourth-order valence-electron chi connectivity index (χ4n) is 1.72. The molecular formula is C11H18O5. The number of rotatable bonds is 4. The smallest absolute Gasteiger partial charge is 0.311 e. The zero-order chi connectivity index (χ0) is 12.1. The summed E-state index contributed by atoms with van der Waals surface area (Å²) >= 11 is 0. The summed E-state index contributed by atoms with van der Waals surface area (Å²) in [6, 6.07) is 0. The van der Waals surface area contributed by atoms with Crippen molar-refractivity contribution in [2.24, 2.45) is 5.92 Å². The van der Waals surface area contributed by atoms with Gasteiger partial charge >= 0.3 is 11.9 Å². The Balaban J connectivity index is 2.40. The molecule has 5 heteroatoms. The molecule has 92 valence electrons. The molecule has 0 unspecified atom stereocenters. The van der Waals surface area contributed by atoms with Gasteiger partial charge in [-0.3, -0.25) is 9.59 Å². The highest BCUT2D eigenvalue weighted by Gasteiger charge is 2.35. The van der Waals surface area contributed by atoms with E-state index in [1.807, 2.05) is 0 Å². The van der Waals surface area contributed by atoms with Crippen molar-refractivity contribution in [3.05, 3.63) is 0 Å². The summed E-state index contributed by atoms with van der Waals surface area (Å²) in [4.78, 5) is 22.2. The van der Waals surface area contributed by atoms with Crippen LogP contribution in [0.25, 0.3) is 0 Å². The highest BCUT2D eigenvalue weighted by atomic mass is 16.6. The predicted octanol–water partition coefficient (Wildman–Crippen LogP) is 0.906. The van der Waals surface area contributed by atoms with Crippen molar-refractivity contribution in [3.8, 4) is 0 Å². The van der Waals surface area contributed by atoms with E-state index in [9.17, 15) is 9.59 Å². The predicted molar refractivity (Wildman–Crippen MR) is 55.7 cm³/mol. The molecule has 1 heterocycles. The van der Waals surface area contributed by atoms with Crippen molar-refractivity contribution in [2.75, 3.05) is 13.2 Å². The maximum absolute atomic E-state index is 11.4. The minimum atomic E-state index is -0.321. The van der Waals surface area contributed by atoms with E-state index in [1.165, 1.54) is 6.92 Å². The van der Waals surface area contributed by atoms with Crippen molar-refractivity contribution in [2.45, 2.75) is 39.4 Å².